The zero-order valence-corrected chi connectivity index (χ0v) is 11.8. The Balaban J connectivity index is 2.73. The van der Waals surface area contributed by atoms with E-state index in [9.17, 15) is 8.42 Å². The maximum atomic E-state index is 12.0. The molecule has 0 aliphatic heterocycles. The van der Waals surface area contributed by atoms with Crippen molar-refractivity contribution in [2.45, 2.75) is 32.1 Å². The second-order valence-electron chi connectivity index (χ2n) is 4.79. The largest absolute Gasteiger partial charge is 0.281 e. The minimum atomic E-state index is -3.49. The van der Waals surface area contributed by atoms with Crippen molar-refractivity contribution in [1.82, 2.24) is 14.9 Å². The van der Waals surface area contributed by atoms with Gasteiger partial charge in [0.15, 0.2) is 0 Å². The SMILES string of the molecule is Cc1[nH]ncc1S(=O)(=O)NCC(C)(C)CCCl. The Morgan fingerprint density at radius 2 is 2.18 bits per heavy atom. The van der Waals surface area contributed by atoms with Crippen LogP contribution in [0.1, 0.15) is 26.0 Å². The van der Waals surface area contributed by atoms with Gasteiger partial charge < -0.3 is 0 Å². The number of aromatic amines is 1. The van der Waals surface area contributed by atoms with E-state index in [2.05, 4.69) is 14.9 Å². The van der Waals surface area contributed by atoms with Crippen LogP contribution in [0.15, 0.2) is 11.1 Å². The lowest BCUT2D eigenvalue weighted by Crippen LogP contribution is -2.34. The lowest BCUT2D eigenvalue weighted by Gasteiger charge is -2.23. The van der Waals surface area contributed by atoms with E-state index in [1.807, 2.05) is 13.8 Å². The van der Waals surface area contributed by atoms with Gasteiger partial charge >= 0.3 is 0 Å². The number of aryl methyl sites for hydroxylation is 1. The lowest BCUT2D eigenvalue weighted by atomic mass is 9.91. The van der Waals surface area contributed by atoms with Gasteiger partial charge in [-0.15, -0.1) is 11.6 Å². The van der Waals surface area contributed by atoms with Crippen LogP contribution in [0, 0.1) is 12.3 Å². The second kappa shape index (κ2) is 5.37. The molecule has 0 fully saturated rings. The highest BCUT2D eigenvalue weighted by Gasteiger charge is 2.23. The predicted octanol–water partition coefficient (Wildman–Crippen LogP) is 1.65. The maximum absolute atomic E-state index is 12.0. The van der Waals surface area contributed by atoms with Crippen LogP contribution in [0.2, 0.25) is 0 Å². The first-order valence-electron chi connectivity index (χ1n) is 5.34. The summed E-state index contributed by atoms with van der Waals surface area (Å²) in [5.74, 6) is 0.513. The fraction of sp³-hybridized carbons (Fsp3) is 0.700. The monoisotopic (exact) mass is 279 g/mol. The van der Waals surface area contributed by atoms with Gasteiger partial charge in [-0.2, -0.15) is 5.10 Å². The number of alkyl halides is 1. The number of sulfonamides is 1. The van der Waals surface area contributed by atoms with Crippen LogP contribution in [-0.4, -0.2) is 31.0 Å². The molecule has 98 valence electrons. The summed E-state index contributed by atoms with van der Waals surface area (Å²) in [6, 6.07) is 0. The topological polar surface area (TPSA) is 74.8 Å². The summed E-state index contributed by atoms with van der Waals surface area (Å²) < 4.78 is 26.5. The van der Waals surface area contributed by atoms with Gasteiger partial charge in [0.25, 0.3) is 0 Å². The molecule has 0 amide bonds. The predicted molar refractivity (Wildman–Crippen MR) is 67.6 cm³/mol. The van der Waals surface area contributed by atoms with E-state index in [4.69, 9.17) is 11.6 Å². The highest BCUT2D eigenvalue weighted by molar-refractivity contribution is 7.89. The van der Waals surface area contributed by atoms with Gasteiger partial charge in [-0.05, 0) is 18.8 Å². The van der Waals surface area contributed by atoms with Crippen molar-refractivity contribution in [3.05, 3.63) is 11.9 Å². The van der Waals surface area contributed by atoms with Gasteiger partial charge in [0.2, 0.25) is 10.0 Å². The van der Waals surface area contributed by atoms with Crippen molar-refractivity contribution in [3.8, 4) is 0 Å². The standard InChI is InChI=1S/C10H18ClN3O2S/c1-8-9(6-12-14-8)17(15,16)13-7-10(2,3)4-5-11/h6,13H,4-5,7H2,1-3H3,(H,12,14). The third-order valence-corrected chi connectivity index (χ3v) is 4.29. The lowest BCUT2D eigenvalue weighted by molar-refractivity contribution is 0.352. The summed E-state index contributed by atoms with van der Waals surface area (Å²) >= 11 is 5.67. The van der Waals surface area contributed by atoms with Crippen LogP contribution in [0.25, 0.3) is 0 Å². The summed E-state index contributed by atoms with van der Waals surface area (Å²) in [4.78, 5) is 0.194. The average molecular weight is 280 g/mol. The molecule has 0 atom stereocenters. The zero-order valence-electron chi connectivity index (χ0n) is 10.2. The fourth-order valence-electron chi connectivity index (χ4n) is 1.32. The molecule has 1 heterocycles. The molecule has 2 N–H and O–H groups in total. The minimum absolute atomic E-state index is 0.160. The third kappa shape index (κ3) is 3.97. The number of H-pyrrole nitrogens is 1. The molecule has 1 aromatic heterocycles. The summed E-state index contributed by atoms with van der Waals surface area (Å²) in [6.45, 7) is 5.97. The fourth-order valence-corrected chi connectivity index (χ4v) is 3.21. The molecule has 17 heavy (non-hydrogen) atoms. The van der Waals surface area contributed by atoms with Gasteiger partial charge in [0, 0.05) is 12.4 Å². The van der Waals surface area contributed by atoms with E-state index in [0.29, 0.717) is 18.1 Å². The van der Waals surface area contributed by atoms with E-state index in [0.717, 1.165) is 6.42 Å². The van der Waals surface area contributed by atoms with Crippen LogP contribution < -0.4 is 4.72 Å². The van der Waals surface area contributed by atoms with Crippen LogP contribution in [0.3, 0.4) is 0 Å². The highest BCUT2D eigenvalue weighted by atomic mass is 35.5. The molecular weight excluding hydrogens is 262 g/mol. The molecule has 0 saturated carbocycles. The molecule has 5 nitrogen and oxygen atoms in total. The molecule has 0 saturated heterocycles. The molecule has 1 aromatic rings. The molecule has 1 rings (SSSR count). The molecule has 0 spiro atoms. The van der Waals surface area contributed by atoms with Crippen LogP contribution in [0.4, 0.5) is 0 Å². The summed E-state index contributed by atoms with van der Waals surface area (Å²) in [5.41, 5.74) is 0.375. The van der Waals surface area contributed by atoms with Gasteiger partial charge in [-0.3, -0.25) is 5.10 Å². The first-order valence-corrected chi connectivity index (χ1v) is 7.36. The highest BCUT2D eigenvalue weighted by Crippen LogP contribution is 2.21. The summed E-state index contributed by atoms with van der Waals surface area (Å²) in [6.07, 6.45) is 2.06. The molecule has 0 aliphatic carbocycles. The Labute approximate surface area is 107 Å². The number of aromatic nitrogens is 2. The molecular formula is C10H18ClN3O2S. The Bertz CT molecular complexity index is 468. The normalized spacial score (nSPS) is 12.9. The van der Waals surface area contributed by atoms with Crippen molar-refractivity contribution in [2.24, 2.45) is 5.41 Å². The number of nitrogens with zero attached hydrogens (tertiary/aromatic N) is 1. The minimum Gasteiger partial charge on any atom is -0.281 e. The maximum Gasteiger partial charge on any atom is 0.243 e. The van der Waals surface area contributed by atoms with Crippen molar-refractivity contribution in [1.29, 1.82) is 0 Å². The van der Waals surface area contributed by atoms with Gasteiger partial charge in [0.1, 0.15) is 4.90 Å². The first kappa shape index (κ1) is 14.5. The third-order valence-electron chi connectivity index (χ3n) is 2.59. The van der Waals surface area contributed by atoms with Crippen LogP contribution in [0.5, 0.6) is 0 Å². The smallest absolute Gasteiger partial charge is 0.243 e. The number of hydrogen-bond acceptors (Lipinski definition) is 3. The van der Waals surface area contributed by atoms with Crippen molar-refractivity contribution >= 4 is 21.6 Å². The number of halogens is 1. The number of hydrogen-bond donors (Lipinski definition) is 2. The van der Waals surface area contributed by atoms with Gasteiger partial charge in [0.05, 0.1) is 11.9 Å². The number of nitrogens with one attached hydrogen (secondary N) is 2. The van der Waals surface area contributed by atoms with Crippen molar-refractivity contribution in [2.75, 3.05) is 12.4 Å². The van der Waals surface area contributed by atoms with Crippen molar-refractivity contribution in [3.63, 3.8) is 0 Å². The Morgan fingerprint density at radius 3 is 2.65 bits per heavy atom. The zero-order chi connectivity index (χ0) is 13.1. The molecule has 0 aliphatic rings. The molecule has 0 unspecified atom stereocenters. The summed E-state index contributed by atoms with van der Waals surface area (Å²) in [5, 5.41) is 6.31. The van der Waals surface area contributed by atoms with Gasteiger partial charge in [-0.1, -0.05) is 13.8 Å². The van der Waals surface area contributed by atoms with E-state index >= 15 is 0 Å². The van der Waals surface area contributed by atoms with Crippen molar-refractivity contribution < 1.29 is 8.42 Å². The van der Waals surface area contributed by atoms with E-state index in [-0.39, 0.29) is 10.3 Å². The first-order chi connectivity index (χ1) is 7.78. The number of rotatable bonds is 6. The summed E-state index contributed by atoms with van der Waals surface area (Å²) in [7, 11) is -3.49. The Kier molecular flexibility index (Phi) is 4.57. The Morgan fingerprint density at radius 1 is 1.53 bits per heavy atom. The van der Waals surface area contributed by atoms with Crippen LogP contribution in [-0.2, 0) is 10.0 Å². The molecule has 0 aromatic carbocycles. The van der Waals surface area contributed by atoms with Gasteiger partial charge in [-0.25, -0.2) is 13.1 Å². The Hall–Kier alpha value is -0.590. The second-order valence-corrected chi connectivity index (χ2v) is 6.90. The van der Waals surface area contributed by atoms with Crippen LogP contribution >= 0.6 is 11.6 Å². The molecule has 0 bridgehead atoms. The van der Waals surface area contributed by atoms with E-state index in [1.54, 1.807) is 6.92 Å². The quantitative estimate of drug-likeness (QED) is 0.778. The average Bonchev–Trinajstić information content (AvgIpc) is 2.63. The van der Waals surface area contributed by atoms with E-state index < -0.39 is 10.0 Å². The molecule has 0 radical (unpaired) electrons. The molecule has 7 heteroatoms. The van der Waals surface area contributed by atoms with E-state index in [1.165, 1.54) is 6.20 Å².